The Kier molecular flexibility index (Phi) is 10.2. The van der Waals surface area contributed by atoms with Gasteiger partial charge in [-0.15, -0.1) is 24.0 Å². The maximum atomic E-state index is 4.48. The summed E-state index contributed by atoms with van der Waals surface area (Å²) >= 11 is 0. The minimum Gasteiger partial charge on any atom is -0.356 e. The molecule has 6 heteroatoms. The number of aliphatic imine (C=N–C) groups is 1. The molecule has 164 valence electrons. The summed E-state index contributed by atoms with van der Waals surface area (Å²) in [5.41, 5.74) is 1.84. The predicted octanol–water partition coefficient (Wildman–Crippen LogP) is 3.51. The van der Waals surface area contributed by atoms with Crippen LogP contribution >= 0.6 is 24.0 Å². The van der Waals surface area contributed by atoms with Gasteiger partial charge in [-0.25, -0.2) is 0 Å². The van der Waals surface area contributed by atoms with E-state index in [4.69, 9.17) is 0 Å². The average molecular weight is 514 g/mol. The Morgan fingerprint density at radius 2 is 1.69 bits per heavy atom. The van der Waals surface area contributed by atoms with E-state index < -0.39 is 0 Å². The second-order valence-corrected chi connectivity index (χ2v) is 9.12. The van der Waals surface area contributed by atoms with Crippen LogP contribution in [0.4, 0.5) is 0 Å². The summed E-state index contributed by atoms with van der Waals surface area (Å²) in [5.74, 6) is 1.08. The number of benzene rings is 1. The van der Waals surface area contributed by atoms with Gasteiger partial charge in [-0.1, -0.05) is 44.2 Å². The molecule has 2 fully saturated rings. The van der Waals surface area contributed by atoms with Gasteiger partial charge < -0.3 is 15.1 Å². The van der Waals surface area contributed by atoms with Crippen LogP contribution in [0.2, 0.25) is 0 Å². The Bertz CT molecular complexity index is 611. The van der Waals surface area contributed by atoms with Gasteiger partial charge in [0.2, 0.25) is 0 Å². The molecule has 0 saturated carbocycles. The normalized spacial score (nSPS) is 20.5. The van der Waals surface area contributed by atoms with E-state index in [1.807, 2.05) is 7.05 Å². The fourth-order valence-electron chi connectivity index (χ4n) is 4.30. The quantitative estimate of drug-likeness (QED) is 0.262. The molecule has 1 aromatic carbocycles. The molecule has 0 atom stereocenters. The number of likely N-dealkylation sites (tertiary alicyclic amines) is 1. The fourth-order valence-corrected chi connectivity index (χ4v) is 4.30. The summed E-state index contributed by atoms with van der Waals surface area (Å²) in [7, 11) is 1.91. The van der Waals surface area contributed by atoms with Crippen molar-refractivity contribution in [3.05, 3.63) is 35.9 Å². The van der Waals surface area contributed by atoms with Gasteiger partial charge >= 0.3 is 0 Å². The molecule has 29 heavy (non-hydrogen) atoms. The van der Waals surface area contributed by atoms with Gasteiger partial charge in [-0.2, -0.15) is 0 Å². The zero-order valence-electron chi connectivity index (χ0n) is 18.6. The molecule has 1 N–H and O–H groups in total. The van der Waals surface area contributed by atoms with Crippen LogP contribution in [-0.4, -0.2) is 80.1 Å². The average Bonchev–Trinajstić information content (AvgIpc) is 3.06. The molecular formula is C23H40IN5. The first-order valence-corrected chi connectivity index (χ1v) is 11.0. The highest BCUT2D eigenvalue weighted by atomic mass is 127. The Hall–Kier alpha value is -0.860. The van der Waals surface area contributed by atoms with E-state index in [-0.39, 0.29) is 24.0 Å². The number of halogens is 1. The number of guanidine groups is 1. The molecule has 5 nitrogen and oxygen atoms in total. The fraction of sp³-hybridized carbons (Fsp3) is 0.696. The number of nitrogens with zero attached hydrogens (tertiary/aromatic N) is 4. The van der Waals surface area contributed by atoms with Crippen molar-refractivity contribution in [3.8, 4) is 0 Å². The van der Waals surface area contributed by atoms with E-state index in [2.05, 4.69) is 69.2 Å². The predicted molar refractivity (Wildman–Crippen MR) is 134 cm³/mol. The SMILES string of the molecule is CN=C(NCCCCN1CCN(Cc2ccccc2)CC1)N1CCC(C)(C)C1.I. The number of unbranched alkanes of at least 4 members (excludes halogenated alkanes) is 1. The Balaban J connectivity index is 0.00000300. The van der Waals surface area contributed by atoms with E-state index in [1.165, 1.54) is 57.5 Å². The summed E-state index contributed by atoms with van der Waals surface area (Å²) in [6.45, 7) is 15.0. The minimum absolute atomic E-state index is 0. The van der Waals surface area contributed by atoms with Gasteiger partial charge in [-0.05, 0) is 36.8 Å². The molecular weight excluding hydrogens is 473 g/mol. The smallest absolute Gasteiger partial charge is 0.193 e. The van der Waals surface area contributed by atoms with Gasteiger partial charge in [0.1, 0.15) is 0 Å². The summed E-state index contributed by atoms with van der Waals surface area (Å²) in [6.07, 6.45) is 3.72. The van der Waals surface area contributed by atoms with Crippen molar-refractivity contribution < 1.29 is 0 Å². The first kappa shape index (κ1) is 24.4. The van der Waals surface area contributed by atoms with Crippen LogP contribution in [0, 0.1) is 5.41 Å². The third-order valence-corrected chi connectivity index (χ3v) is 6.09. The molecule has 0 aliphatic carbocycles. The molecule has 2 saturated heterocycles. The third-order valence-electron chi connectivity index (χ3n) is 6.09. The highest BCUT2D eigenvalue weighted by molar-refractivity contribution is 14.0. The molecule has 0 radical (unpaired) electrons. The summed E-state index contributed by atoms with van der Waals surface area (Å²) < 4.78 is 0. The van der Waals surface area contributed by atoms with Gasteiger partial charge in [0.25, 0.3) is 0 Å². The van der Waals surface area contributed by atoms with Crippen LogP contribution in [-0.2, 0) is 6.54 Å². The van der Waals surface area contributed by atoms with Crippen molar-refractivity contribution in [1.82, 2.24) is 20.0 Å². The number of hydrogen-bond acceptors (Lipinski definition) is 3. The topological polar surface area (TPSA) is 34.1 Å². The van der Waals surface area contributed by atoms with Crippen LogP contribution < -0.4 is 5.32 Å². The molecule has 0 unspecified atom stereocenters. The Labute approximate surface area is 194 Å². The Morgan fingerprint density at radius 1 is 1.00 bits per heavy atom. The molecule has 0 spiro atoms. The van der Waals surface area contributed by atoms with Crippen molar-refractivity contribution in [1.29, 1.82) is 0 Å². The van der Waals surface area contributed by atoms with Crippen LogP contribution in [0.15, 0.2) is 35.3 Å². The molecule has 0 aromatic heterocycles. The van der Waals surface area contributed by atoms with Crippen molar-refractivity contribution in [2.24, 2.45) is 10.4 Å². The summed E-state index contributed by atoms with van der Waals surface area (Å²) in [5, 5.41) is 3.57. The van der Waals surface area contributed by atoms with Crippen LogP contribution in [0.25, 0.3) is 0 Å². The number of nitrogens with one attached hydrogen (secondary N) is 1. The zero-order chi connectivity index (χ0) is 19.8. The summed E-state index contributed by atoms with van der Waals surface area (Å²) in [6, 6.07) is 10.8. The first-order chi connectivity index (χ1) is 13.6. The first-order valence-electron chi connectivity index (χ1n) is 11.0. The zero-order valence-corrected chi connectivity index (χ0v) is 20.9. The second-order valence-electron chi connectivity index (χ2n) is 9.12. The lowest BCUT2D eigenvalue weighted by molar-refractivity contribution is 0.126. The van der Waals surface area contributed by atoms with Crippen LogP contribution in [0.5, 0.6) is 0 Å². The molecule has 2 aliphatic rings. The van der Waals surface area contributed by atoms with Gasteiger partial charge in [0, 0.05) is 59.4 Å². The van der Waals surface area contributed by atoms with Crippen molar-refractivity contribution >= 4 is 29.9 Å². The van der Waals surface area contributed by atoms with E-state index >= 15 is 0 Å². The number of hydrogen-bond donors (Lipinski definition) is 1. The lowest BCUT2D eigenvalue weighted by Gasteiger charge is -2.34. The van der Waals surface area contributed by atoms with E-state index in [0.29, 0.717) is 5.41 Å². The molecule has 2 heterocycles. The number of piperazine rings is 1. The molecule has 0 amide bonds. The molecule has 2 aliphatic heterocycles. The lowest BCUT2D eigenvalue weighted by Crippen LogP contribution is -2.46. The highest BCUT2D eigenvalue weighted by Gasteiger charge is 2.30. The molecule has 0 bridgehead atoms. The lowest BCUT2D eigenvalue weighted by atomic mass is 9.93. The third kappa shape index (κ3) is 8.06. The standard InChI is InChI=1S/C23H39N5.HI/c1-23(2)11-14-28(20-23)22(24-3)25-12-7-8-13-26-15-17-27(18-16-26)19-21-9-5-4-6-10-21;/h4-6,9-10H,7-8,11-20H2,1-3H3,(H,24,25);1H. The van der Waals surface area contributed by atoms with E-state index in [0.717, 1.165) is 32.1 Å². The number of rotatable bonds is 7. The van der Waals surface area contributed by atoms with Gasteiger partial charge in [-0.3, -0.25) is 9.89 Å². The maximum Gasteiger partial charge on any atom is 0.193 e. The second kappa shape index (κ2) is 12.1. The molecule has 1 aromatic rings. The van der Waals surface area contributed by atoms with Gasteiger partial charge in [0.05, 0.1) is 0 Å². The van der Waals surface area contributed by atoms with Crippen molar-refractivity contribution in [3.63, 3.8) is 0 Å². The van der Waals surface area contributed by atoms with Crippen LogP contribution in [0.1, 0.15) is 38.7 Å². The maximum absolute atomic E-state index is 4.48. The monoisotopic (exact) mass is 513 g/mol. The van der Waals surface area contributed by atoms with E-state index in [1.54, 1.807) is 0 Å². The Morgan fingerprint density at radius 3 is 2.31 bits per heavy atom. The highest BCUT2D eigenvalue weighted by Crippen LogP contribution is 2.28. The summed E-state index contributed by atoms with van der Waals surface area (Å²) in [4.78, 5) is 12.1. The van der Waals surface area contributed by atoms with Crippen LogP contribution in [0.3, 0.4) is 0 Å². The largest absolute Gasteiger partial charge is 0.356 e. The minimum atomic E-state index is 0. The van der Waals surface area contributed by atoms with Gasteiger partial charge in [0.15, 0.2) is 5.96 Å². The van der Waals surface area contributed by atoms with Crippen molar-refractivity contribution in [2.75, 3.05) is 59.4 Å². The van der Waals surface area contributed by atoms with Crippen molar-refractivity contribution in [2.45, 2.75) is 39.7 Å². The molecule has 3 rings (SSSR count). The van der Waals surface area contributed by atoms with E-state index in [9.17, 15) is 0 Å².